The third-order valence-electron chi connectivity index (χ3n) is 5.23. The molecule has 0 aliphatic heterocycles. The Morgan fingerprint density at radius 1 is 1.03 bits per heavy atom. The van der Waals surface area contributed by atoms with Gasteiger partial charge in [0.15, 0.2) is 23.9 Å². The van der Waals surface area contributed by atoms with Gasteiger partial charge in [0, 0.05) is 19.6 Å². The lowest BCUT2D eigenvalue weighted by Gasteiger charge is -2.18. The van der Waals surface area contributed by atoms with Crippen molar-refractivity contribution in [3.8, 4) is 17.2 Å². The lowest BCUT2D eigenvalue weighted by Crippen LogP contribution is -2.31. The van der Waals surface area contributed by atoms with Crippen LogP contribution in [0.2, 0.25) is 0 Å². The van der Waals surface area contributed by atoms with Crippen molar-refractivity contribution in [2.75, 3.05) is 33.3 Å². The zero-order chi connectivity index (χ0) is 22.1. The molecule has 166 valence electrons. The summed E-state index contributed by atoms with van der Waals surface area (Å²) in [6, 6.07) is 14.0. The fourth-order valence-corrected chi connectivity index (χ4v) is 3.28. The monoisotopic (exact) mass is 424 g/mol. The van der Waals surface area contributed by atoms with Crippen molar-refractivity contribution >= 4 is 0 Å². The average Bonchev–Trinajstić information content (AvgIpc) is 3.27. The minimum Gasteiger partial charge on any atom is -0.493 e. The first-order valence-corrected chi connectivity index (χ1v) is 10.7. The van der Waals surface area contributed by atoms with Gasteiger partial charge in [-0.3, -0.25) is 0 Å². The van der Waals surface area contributed by atoms with Crippen LogP contribution in [0.5, 0.6) is 11.5 Å². The van der Waals surface area contributed by atoms with Crippen LogP contribution in [0.25, 0.3) is 5.69 Å². The first-order valence-electron chi connectivity index (χ1n) is 10.7. The summed E-state index contributed by atoms with van der Waals surface area (Å²) in [6.45, 7) is 11.6. The SMILES string of the molecule is CCN(CC)CCNCc1ccc(OCc2nnnn2-c2ccc(C)cc2)c(OC)c1. The number of aromatic nitrogens is 4. The lowest BCUT2D eigenvalue weighted by molar-refractivity contribution is 0.273. The summed E-state index contributed by atoms with van der Waals surface area (Å²) < 4.78 is 13.2. The molecule has 0 aliphatic rings. The van der Waals surface area contributed by atoms with Crippen LogP contribution in [0, 0.1) is 6.92 Å². The Bertz CT molecular complexity index is 937. The Morgan fingerprint density at radius 3 is 2.52 bits per heavy atom. The van der Waals surface area contributed by atoms with Gasteiger partial charge in [0.1, 0.15) is 0 Å². The first kappa shape index (κ1) is 22.7. The Morgan fingerprint density at radius 2 is 1.81 bits per heavy atom. The molecule has 0 spiro atoms. The van der Waals surface area contributed by atoms with Crippen LogP contribution in [0.3, 0.4) is 0 Å². The van der Waals surface area contributed by atoms with E-state index in [1.165, 1.54) is 5.56 Å². The largest absolute Gasteiger partial charge is 0.493 e. The summed E-state index contributed by atoms with van der Waals surface area (Å²) in [7, 11) is 1.65. The average molecular weight is 425 g/mol. The molecule has 2 aromatic carbocycles. The number of rotatable bonds is 12. The predicted octanol–water partition coefficient (Wildman–Crippen LogP) is 2.99. The summed E-state index contributed by atoms with van der Waals surface area (Å²) >= 11 is 0. The van der Waals surface area contributed by atoms with E-state index in [0.717, 1.165) is 44.0 Å². The Labute approximate surface area is 184 Å². The van der Waals surface area contributed by atoms with Gasteiger partial charge in [-0.05, 0) is 60.3 Å². The van der Waals surface area contributed by atoms with Gasteiger partial charge in [0.05, 0.1) is 12.8 Å². The maximum absolute atomic E-state index is 5.98. The number of aryl methyl sites for hydroxylation is 1. The highest BCUT2D eigenvalue weighted by Crippen LogP contribution is 2.28. The minimum absolute atomic E-state index is 0.235. The third-order valence-corrected chi connectivity index (χ3v) is 5.23. The maximum atomic E-state index is 5.98. The lowest BCUT2D eigenvalue weighted by atomic mass is 10.2. The number of hydrogen-bond acceptors (Lipinski definition) is 7. The van der Waals surface area contributed by atoms with Gasteiger partial charge in [-0.15, -0.1) is 5.10 Å². The topological polar surface area (TPSA) is 77.3 Å². The summed E-state index contributed by atoms with van der Waals surface area (Å²) in [6.07, 6.45) is 0. The van der Waals surface area contributed by atoms with Gasteiger partial charge in [0.25, 0.3) is 0 Å². The molecule has 0 saturated carbocycles. The second-order valence-electron chi connectivity index (χ2n) is 7.32. The van der Waals surface area contributed by atoms with E-state index in [1.807, 2.05) is 49.4 Å². The van der Waals surface area contributed by atoms with Crippen molar-refractivity contribution in [2.45, 2.75) is 33.9 Å². The molecule has 0 radical (unpaired) electrons. The van der Waals surface area contributed by atoms with Gasteiger partial charge in [-0.25, -0.2) is 0 Å². The highest BCUT2D eigenvalue weighted by atomic mass is 16.5. The highest BCUT2D eigenvalue weighted by molar-refractivity contribution is 5.43. The molecule has 31 heavy (non-hydrogen) atoms. The molecule has 0 aliphatic carbocycles. The van der Waals surface area contributed by atoms with Crippen LogP contribution in [-0.4, -0.2) is 58.4 Å². The molecule has 1 heterocycles. The van der Waals surface area contributed by atoms with Crippen LogP contribution < -0.4 is 14.8 Å². The van der Waals surface area contributed by atoms with Crippen LogP contribution in [0.1, 0.15) is 30.8 Å². The molecule has 0 saturated heterocycles. The van der Waals surface area contributed by atoms with Crippen LogP contribution >= 0.6 is 0 Å². The number of likely N-dealkylation sites (N-methyl/N-ethyl adjacent to an activating group) is 1. The number of benzene rings is 2. The second kappa shape index (κ2) is 11.4. The fourth-order valence-electron chi connectivity index (χ4n) is 3.28. The molecule has 0 bridgehead atoms. The zero-order valence-corrected chi connectivity index (χ0v) is 18.8. The van der Waals surface area contributed by atoms with Crippen LogP contribution in [0.4, 0.5) is 0 Å². The van der Waals surface area contributed by atoms with E-state index in [-0.39, 0.29) is 6.61 Å². The molecule has 3 rings (SSSR count). The Kier molecular flexibility index (Phi) is 8.37. The highest BCUT2D eigenvalue weighted by Gasteiger charge is 2.12. The van der Waals surface area contributed by atoms with Crippen molar-refractivity contribution in [1.82, 2.24) is 30.4 Å². The summed E-state index contributed by atoms with van der Waals surface area (Å²) in [5, 5.41) is 15.5. The van der Waals surface area contributed by atoms with Crippen molar-refractivity contribution in [3.63, 3.8) is 0 Å². The smallest absolute Gasteiger partial charge is 0.194 e. The van der Waals surface area contributed by atoms with Crippen LogP contribution in [0.15, 0.2) is 42.5 Å². The molecule has 1 aromatic heterocycles. The summed E-state index contributed by atoms with van der Waals surface area (Å²) in [5.74, 6) is 1.97. The molecular weight excluding hydrogens is 392 g/mol. The van der Waals surface area contributed by atoms with E-state index in [1.54, 1.807) is 11.8 Å². The number of nitrogens with zero attached hydrogens (tertiary/aromatic N) is 5. The standard InChI is InChI=1S/C23H32N6O2/c1-5-28(6-2)14-13-24-16-19-9-12-21(22(15-19)30-4)31-17-23-25-26-27-29(23)20-10-7-18(3)8-11-20/h7-12,15,24H,5-6,13-14,16-17H2,1-4H3. The molecule has 8 heteroatoms. The summed E-state index contributed by atoms with van der Waals surface area (Å²) in [4.78, 5) is 2.40. The Hall–Kier alpha value is -2.97. The Balaban J connectivity index is 1.59. The van der Waals surface area contributed by atoms with Gasteiger partial charge < -0.3 is 19.7 Å². The van der Waals surface area contributed by atoms with Crippen molar-refractivity contribution in [2.24, 2.45) is 0 Å². The quantitative estimate of drug-likeness (QED) is 0.448. The molecule has 8 nitrogen and oxygen atoms in total. The van der Waals surface area contributed by atoms with E-state index < -0.39 is 0 Å². The molecule has 3 aromatic rings. The van der Waals surface area contributed by atoms with Gasteiger partial charge in [-0.2, -0.15) is 4.68 Å². The van der Waals surface area contributed by atoms with Crippen molar-refractivity contribution < 1.29 is 9.47 Å². The predicted molar refractivity (Wildman–Crippen MR) is 121 cm³/mol. The normalized spacial score (nSPS) is 11.1. The van der Waals surface area contributed by atoms with Crippen LogP contribution in [-0.2, 0) is 13.2 Å². The van der Waals surface area contributed by atoms with Gasteiger partial charge in [0.2, 0.25) is 0 Å². The van der Waals surface area contributed by atoms with Gasteiger partial charge in [-0.1, -0.05) is 37.6 Å². The van der Waals surface area contributed by atoms with E-state index in [9.17, 15) is 0 Å². The molecule has 0 atom stereocenters. The summed E-state index contributed by atoms with van der Waals surface area (Å²) in [5.41, 5.74) is 3.22. The van der Waals surface area contributed by atoms with E-state index in [4.69, 9.17) is 9.47 Å². The second-order valence-corrected chi connectivity index (χ2v) is 7.32. The number of tetrazole rings is 1. The maximum Gasteiger partial charge on any atom is 0.194 e. The number of hydrogen-bond donors (Lipinski definition) is 1. The first-order chi connectivity index (χ1) is 15.1. The number of ether oxygens (including phenoxy) is 2. The van der Waals surface area contributed by atoms with E-state index in [2.05, 4.69) is 39.6 Å². The third kappa shape index (κ3) is 6.26. The van der Waals surface area contributed by atoms with E-state index >= 15 is 0 Å². The van der Waals surface area contributed by atoms with Gasteiger partial charge >= 0.3 is 0 Å². The van der Waals surface area contributed by atoms with E-state index in [0.29, 0.717) is 17.3 Å². The molecular formula is C23H32N6O2. The number of methoxy groups -OCH3 is 1. The number of nitrogens with one attached hydrogen (secondary N) is 1. The zero-order valence-electron chi connectivity index (χ0n) is 18.8. The van der Waals surface area contributed by atoms with Crippen molar-refractivity contribution in [1.29, 1.82) is 0 Å². The molecule has 0 fully saturated rings. The van der Waals surface area contributed by atoms with Crippen molar-refractivity contribution in [3.05, 3.63) is 59.4 Å². The minimum atomic E-state index is 0.235. The fraction of sp³-hybridized carbons (Fsp3) is 0.435. The molecule has 0 unspecified atom stereocenters. The molecule has 1 N–H and O–H groups in total. The molecule has 0 amide bonds.